The molecule has 0 aliphatic rings. The van der Waals surface area contributed by atoms with Crippen LogP contribution in [0.2, 0.25) is 0 Å². The fourth-order valence-electron chi connectivity index (χ4n) is 2.77. The lowest BCUT2D eigenvalue weighted by Crippen LogP contribution is -2.05. The summed E-state index contributed by atoms with van der Waals surface area (Å²) in [5.74, 6) is -0.694. The quantitative estimate of drug-likeness (QED) is 0.497. The van der Waals surface area contributed by atoms with Crippen molar-refractivity contribution < 1.29 is 24.5 Å². The van der Waals surface area contributed by atoms with Crippen LogP contribution in [-0.2, 0) is 6.42 Å². The topological polar surface area (TPSA) is 100 Å². The second-order valence-corrected chi connectivity index (χ2v) is 6.01. The van der Waals surface area contributed by atoms with E-state index in [0.717, 1.165) is 11.6 Å². The molecule has 0 amide bonds. The molecule has 6 nitrogen and oxygen atoms in total. The number of allylic oxidation sites excluding steroid dienone is 2. The molecule has 0 bridgehead atoms. The van der Waals surface area contributed by atoms with E-state index in [1.165, 1.54) is 19.2 Å². The van der Waals surface area contributed by atoms with Crippen molar-refractivity contribution in [2.45, 2.75) is 20.3 Å². The lowest BCUT2D eigenvalue weighted by Gasteiger charge is -2.12. The van der Waals surface area contributed by atoms with Gasteiger partial charge in [-0.15, -0.1) is 0 Å². The smallest absolute Gasteiger partial charge is 0.204 e. The Kier molecular flexibility index (Phi) is 4.04. The monoisotopic (exact) mass is 342 g/mol. The molecule has 2 aromatic carbocycles. The van der Waals surface area contributed by atoms with Gasteiger partial charge in [0.1, 0.15) is 22.5 Å². The molecular formula is C19H18O6. The number of methoxy groups -OCH3 is 1. The number of hydrogen-bond acceptors (Lipinski definition) is 6. The minimum atomic E-state index is -0.467. The van der Waals surface area contributed by atoms with Gasteiger partial charge in [0.15, 0.2) is 11.3 Å². The van der Waals surface area contributed by atoms with Crippen LogP contribution >= 0.6 is 0 Å². The van der Waals surface area contributed by atoms with Crippen LogP contribution in [0.15, 0.2) is 39.1 Å². The van der Waals surface area contributed by atoms with Gasteiger partial charge in [-0.25, -0.2) is 0 Å². The van der Waals surface area contributed by atoms with Crippen LogP contribution in [0.25, 0.3) is 21.9 Å². The standard InChI is InChI=1S/C19H18O6/c1-9(2)4-5-10-13(21)8-14(22)15-16(23)11-6-7-12(20)19(24-3)18(11)25-17(10)15/h4,6-8,20-22H,5H2,1-3H3. The van der Waals surface area contributed by atoms with Crippen LogP contribution in [0.4, 0.5) is 0 Å². The molecule has 3 N–H and O–H groups in total. The van der Waals surface area contributed by atoms with E-state index in [0.29, 0.717) is 12.0 Å². The Morgan fingerprint density at radius 3 is 2.48 bits per heavy atom. The van der Waals surface area contributed by atoms with E-state index >= 15 is 0 Å². The normalized spacial score (nSPS) is 11.0. The first-order chi connectivity index (χ1) is 11.8. The van der Waals surface area contributed by atoms with E-state index in [2.05, 4.69) is 0 Å². The molecule has 0 fully saturated rings. The third-order valence-electron chi connectivity index (χ3n) is 4.03. The predicted octanol–water partition coefficient (Wildman–Crippen LogP) is 3.58. The van der Waals surface area contributed by atoms with Crippen molar-refractivity contribution in [2.75, 3.05) is 7.11 Å². The number of aromatic hydroxyl groups is 3. The van der Waals surface area contributed by atoms with Gasteiger partial charge in [-0.1, -0.05) is 11.6 Å². The molecule has 0 saturated heterocycles. The molecule has 3 rings (SSSR count). The van der Waals surface area contributed by atoms with Crippen LogP contribution in [0.5, 0.6) is 23.0 Å². The molecule has 1 aromatic heterocycles. The van der Waals surface area contributed by atoms with Gasteiger partial charge < -0.3 is 24.5 Å². The first-order valence-electron chi connectivity index (χ1n) is 7.68. The highest BCUT2D eigenvalue weighted by molar-refractivity contribution is 5.98. The molecule has 0 atom stereocenters. The number of hydrogen-bond donors (Lipinski definition) is 3. The molecule has 25 heavy (non-hydrogen) atoms. The highest BCUT2D eigenvalue weighted by Gasteiger charge is 2.21. The van der Waals surface area contributed by atoms with Gasteiger partial charge in [-0.05, 0) is 32.4 Å². The Labute approximate surface area is 143 Å². The van der Waals surface area contributed by atoms with Gasteiger partial charge >= 0.3 is 0 Å². The molecule has 0 radical (unpaired) electrons. The average molecular weight is 342 g/mol. The van der Waals surface area contributed by atoms with Gasteiger partial charge in [0.05, 0.1) is 12.5 Å². The Bertz CT molecular complexity index is 1070. The Morgan fingerprint density at radius 1 is 1.12 bits per heavy atom. The maximum atomic E-state index is 12.8. The average Bonchev–Trinajstić information content (AvgIpc) is 2.53. The molecule has 130 valence electrons. The minimum Gasteiger partial charge on any atom is -0.507 e. The van der Waals surface area contributed by atoms with E-state index in [9.17, 15) is 20.1 Å². The number of fused-ring (bicyclic) bond motifs is 2. The third kappa shape index (κ3) is 2.65. The van der Waals surface area contributed by atoms with Gasteiger partial charge in [0.25, 0.3) is 0 Å². The summed E-state index contributed by atoms with van der Waals surface area (Å²) < 4.78 is 11.0. The van der Waals surface area contributed by atoms with Crippen molar-refractivity contribution in [1.29, 1.82) is 0 Å². The number of phenolic OH excluding ortho intramolecular Hbond substituents is 3. The lowest BCUT2D eigenvalue weighted by atomic mass is 10.0. The van der Waals surface area contributed by atoms with Crippen LogP contribution in [-0.4, -0.2) is 22.4 Å². The van der Waals surface area contributed by atoms with E-state index in [1.807, 2.05) is 19.9 Å². The van der Waals surface area contributed by atoms with Gasteiger partial charge in [-0.2, -0.15) is 0 Å². The van der Waals surface area contributed by atoms with E-state index in [1.54, 1.807) is 0 Å². The molecule has 0 aliphatic heterocycles. The summed E-state index contributed by atoms with van der Waals surface area (Å²) in [4.78, 5) is 12.8. The van der Waals surface area contributed by atoms with Gasteiger partial charge in [-0.3, -0.25) is 4.79 Å². The van der Waals surface area contributed by atoms with Gasteiger partial charge in [0, 0.05) is 11.6 Å². The molecular weight excluding hydrogens is 324 g/mol. The Hall–Kier alpha value is -3.15. The fraction of sp³-hybridized carbons (Fsp3) is 0.211. The Morgan fingerprint density at radius 2 is 1.84 bits per heavy atom. The first kappa shape index (κ1) is 16.7. The lowest BCUT2D eigenvalue weighted by molar-refractivity contribution is 0.371. The van der Waals surface area contributed by atoms with E-state index in [4.69, 9.17) is 9.15 Å². The first-order valence-corrected chi connectivity index (χ1v) is 7.68. The van der Waals surface area contributed by atoms with Crippen molar-refractivity contribution in [1.82, 2.24) is 0 Å². The zero-order valence-corrected chi connectivity index (χ0v) is 14.1. The van der Waals surface area contributed by atoms with Crippen LogP contribution in [0.1, 0.15) is 19.4 Å². The van der Waals surface area contributed by atoms with Crippen molar-refractivity contribution in [3.8, 4) is 23.0 Å². The fourth-order valence-corrected chi connectivity index (χ4v) is 2.77. The largest absolute Gasteiger partial charge is 0.507 e. The Balaban J connectivity index is 2.52. The summed E-state index contributed by atoms with van der Waals surface area (Å²) in [6.45, 7) is 3.82. The van der Waals surface area contributed by atoms with Crippen molar-refractivity contribution in [2.24, 2.45) is 0 Å². The molecule has 0 aliphatic carbocycles. The van der Waals surface area contributed by atoms with Crippen molar-refractivity contribution in [3.63, 3.8) is 0 Å². The van der Waals surface area contributed by atoms with E-state index < -0.39 is 5.43 Å². The SMILES string of the molecule is COc1c(O)ccc2c(=O)c3c(O)cc(O)c(CC=C(C)C)c3oc12. The summed E-state index contributed by atoms with van der Waals surface area (Å²) in [6, 6.07) is 3.86. The highest BCUT2D eigenvalue weighted by Crippen LogP contribution is 2.39. The van der Waals surface area contributed by atoms with Crippen LogP contribution < -0.4 is 10.2 Å². The third-order valence-corrected chi connectivity index (χ3v) is 4.03. The summed E-state index contributed by atoms with van der Waals surface area (Å²) in [7, 11) is 1.35. The number of rotatable bonds is 3. The van der Waals surface area contributed by atoms with Crippen molar-refractivity contribution >= 4 is 21.9 Å². The van der Waals surface area contributed by atoms with Crippen LogP contribution in [0.3, 0.4) is 0 Å². The van der Waals surface area contributed by atoms with E-state index in [-0.39, 0.29) is 44.9 Å². The summed E-state index contributed by atoms with van der Waals surface area (Å²) in [6.07, 6.45) is 2.19. The number of benzene rings is 2. The molecule has 6 heteroatoms. The number of phenols is 3. The highest BCUT2D eigenvalue weighted by atomic mass is 16.5. The van der Waals surface area contributed by atoms with Crippen LogP contribution in [0, 0.1) is 0 Å². The molecule has 0 unspecified atom stereocenters. The molecule has 3 aromatic rings. The van der Waals surface area contributed by atoms with Crippen molar-refractivity contribution in [3.05, 3.63) is 45.6 Å². The molecule has 0 saturated carbocycles. The maximum Gasteiger partial charge on any atom is 0.204 e. The zero-order valence-electron chi connectivity index (χ0n) is 14.1. The second-order valence-electron chi connectivity index (χ2n) is 6.01. The summed E-state index contributed by atoms with van der Waals surface area (Å²) in [5.41, 5.74) is 1.06. The van der Waals surface area contributed by atoms with Gasteiger partial charge in [0.2, 0.25) is 11.2 Å². The second kappa shape index (κ2) is 6.05. The number of ether oxygens (including phenoxy) is 1. The molecule has 1 heterocycles. The molecule has 0 spiro atoms. The zero-order chi connectivity index (χ0) is 18.3. The predicted molar refractivity (Wildman–Crippen MR) is 94.7 cm³/mol. The summed E-state index contributed by atoms with van der Waals surface area (Å²) >= 11 is 0. The maximum absolute atomic E-state index is 12.8. The summed E-state index contributed by atoms with van der Waals surface area (Å²) in [5, 5.41) is 30.4. The minimum absolute atomic E-state index is 0.0183.